The summed E-state index contributed by atoms with van der Waals surface area (Å²) in [6.45, 7) is 7.78. The Kier molecular flexibility index (Phi) is 5.31. The lowest BCUT2D eigenvalue weighted by Gasteiger charge is -2.19. The molecule has 102 valence electrons. The van der Waals surface area contributed by atoms with Gasteiger partial charge >= 0.3 is 6.09 Å². The molecule has 0 aliphatic rings. The van der Waals surface area contributed by atoms with E-state index in [1.807, 2.05) is 27.7 Å². The van der Waals surface area contributed by atoms with E-state index in [9.17, 15) is 4.79 Å². The van der Waals surface area contributed by atoms with Gasteiger partial charge in [0, 0.05) is 19.2 Å². The Morgan fingerprint density at radius 1 is 1.42 bits per heavy atom. The number of nitrogens with one attached hydrogen (secondary N) is 1. The number of amides is 1. The number of alkyl carbamates (subject to hydrolysis) is 1. The molecule has 0 bridgehead atoms. The summed E-state index contributed by atoms with van der Waals surface area (Å²) in [7, 11) is 0. The van der Waals surface area contributed by atoms with E-state index in [1.54, 1.807) is 12.4 Å². The molecule has 0 radical (unpaired) electrons. The maximum absolute atomic E-state index is 11.3. The van der Waals surface area contributed by atoms with Crippen LogP contribution in [0, 0.1) is 18.8 Å². The highest BCUT2D eigenvalue weighted by atomic mass is 16.6. The van der Waals surface area contributed by atoms with Gasteiger partial charge in [0.25, 0.3) is 0 Å². The number of ether oxygens (including phenoxy) is 1. The lowest BCUT2D eigenvalue weighted by atomic mass is 10.2. The van der Waals surface area contributed by atoms with Crippen molar-refractivity contribution < 1.29 is 9.53 Å². The second-order valence-corrected chi connectivity index (χ2v) is 5.03. The number of carbonyl (C=O) groups excluding carboxylic acids is 1. The van der Waals surface area contributed by atoms with E-state index >= 15 is 0 Å². The monoisotopic (exact) mass is 261 g/mol. The predicted octanol–water partition coefficient (Wildman–Crippen LogP) is 2.05. The van der Waals surface area contributed by atoms with Crippen LogP contribution in [-0.2, 0) is 4.74 Å². The van der Waals surface area contributed by atoms with Gasteiger partial charge in [-0.3, -0.25) is 4.98 Å². The molecule has 1 N–H and O–H groups in total. The lowest BCUT2D eigenvalue weighted by molar-refractivity contribution is 0.0529. The second kappa shape index (κ2) is 6.74. The minimum atomic E-state index is -0.479. The Balaban J connectivity index is 2.30. The van der Waals surface area contributed by atoms with E-state index in [4.69, 9.17) is 4.74 Å². The van der Waals surface area contributed by atoms with Crippen LogP contribution in [0.4, 0.5) is 4.79 Å². The normalized spacial score (nSPS) is 10.3. The van der Waals surface area contributed by atoms with Crippen LogP contribution in [0.1, 0.15) is 38.6 Å². The fourth-order valence-electron chi connectivity index (χ4n) is 1.22. The molecule has 0 aliphatic carbocycles. The molecule has 0 aliphatic heterocycles. The number of carbonyl (C=O) groups is 1. The molecule has 0 saturated carbocycles. The Bertz CT molecular complexity index is 495. The summed E-state index contributed by atoms with van der Waals surface area (Å²) in [5.74, 6) is 5.82. The van der Waals surface area contributed by atoms with Gasteiger partial charge in [-0.1, -0.05) is 5.92 Å². The van der Waals surface area contributed by atoms with Crippen LogP contribution in [0.2, 0.25) is 0 Å². The molecule has 1 aromatic heterocycles. The molecule has 5 nitrogen and oxygen atoms in total. The van der Waals surface area contributed by atoms with Crippen LogP contribution >= 0.6 is 0 Å². The molecule has 1 amide bonds. The van der Waals surface area contributed by atoms with Gasteiger partial charge in [-0.25, -0.2) is 9.78 Å². The van der Waals surface area contributed by atoms with Crippen molar-refractivity contribution in [3.8, 4) is 11.8 Å². The number of hydrogen-bond acceptors (Lipinski definition) is 4. The van der Waals surface area contributed by atoms with Gasteiger partial charge in [-0.2, -0.15) is 0 Å². The first-order valence-corrected chi connectivity index (χ1v) is 6.11. The zero-order chi connectivity index (χ0) is 14.3. The number of hydrogen-bond donors (Lipinski definition) is 1. The lowest BCUT2D eigenvalue weighted by Crippen LogP contribution is -2.32. The molecule has 1 aromatic rings. The molecular formula is C14H19N3O2. The quantitative estimate of drug-likeness (QED) is 0.653. The van der Waals surface area contributed by atoms with E-state index in [-0.39, 0.29) is 0 Å². The Morgan fingerprint density at radius 2 is 2.16 bits per heavy atom. The molecule has 0 unspecified atom stereocenters. The van der Waals surface area contributed by atoms with Crippen LogP contribution in [-0.4, -0.2) is 28.2 Å². The summed E-state index contributed by atoms with van der Waals surface area (Å²) in [4.78, 5) is 19.5. The van der Waals surface area contributed by atoms with Crippen molar-refractivity contribution >= 4 is 6.09 Å². The third-order valence-corrected chi connectivity index (χ3v) is 1.89. The van der Waals surface area contributed by atoms with Gasteiger partial charge in [0.05, 0.1) is 11.9 Å². The van der Waals surface area contributed by atoms with Crippen molar-refractivity contribution in [2.45, 2.75) is 39.7 Å². The van der Waals surface area contributed by atoms with Gasteiger partial charge < -0.3 is 10.1 Å². The molecule has 1 rings (SSSR count). The highest BCUT2D eigenvalue weighted by Gasteiger charge is 2.15. The first-order chi connectivity index (χ1) is 8.87. The smallest absolute Gasteiger partial charge is 0.407 e. The fourth-order valence-corrected chi connectivity index (χ4v) is 1.22. The van der Waals surface area contributed by atoms with E-state index in [0.717, 1.165) is 5.69 Å². The largest absolute Gasteiger partial charge is 0.444 e. The standard InChI is InChI=1S/C14H19N3O2/c1-11-9-15-10-12(17-11)7-5-6-8-16-13(18)19-14(2,3)4/h9-10H,6,8H2,1-4H3,(H,16,18). The van der Waals surface area contributed by atoms with E-state index < -0.39 is 11.7 Å². The van der Waals surface area contributed by atoms with E-state index in [0.29, 0.717) is 18.7 Å². The SMILES string of the molecule is Cc1cncc(C#CCCNC(=O)OC(C)(C)C)n1. The van der Waals surface area contributed by atoms with Crippen LogP contribution in [0.5, 0.6) is 0 Å². The zero-order valence-corrected chi connectivity index (χ0v) is 11.8. The minimum Gasteiger partial charge on any atom is -0.444 e. The number of aromatic nitrogens is 2. The Morgan fingerprint density at radius 3 is 2.79 bits per heavy atom. The number of nitrogens with zero attached hydrogens (tertiary/aromatic N) is 2. The second-order valence-electron chi connectivity index (χ2n) is 5.03. The van der Waals surface area contributed by atoms with Crippen molar-refractivity contribution in [2.24, 2.45) is 0 Å². The molecule has 0 atom stereocenters. The van der Waals surface area contributed by atoms with Gasteiger partial charge in [0.2, 0.25) is 0 Å². The molecule has 5 heteroatoms. The Hall–Kier alpha value is -2.09. The highest BCUT2D eigenvalue weighted by molar-refractivity contribution is 5.67. The van der Waals surface area contributed by atoms with Crippen molar-refractivity contribution in [1.29, 1.82) is 0 Å². The third kappa shape index (κ3) is 7.04. The molecule has 0 saturated heterocycles. The van der Waals surface area contributed by atoms with E-state index in [1.165, 1.54) is 0 Å². The first kappa shape index (κ1) is 15.0. The topological polar surface area (TPSA) is 64.1 Å². The average Bonchev–Trinajstić information content (AvgIpc) is 2.26. The molecular weight excluding hydrogens is 242 g/mol. The third-order valence-electron chi connectivity index (χ3n) is 1.89. The molecule has 0 fully saturated rings. The van der Waals surface area contributed by atoms with Gasteiger partial charge in [0.15, 0.2) is 0 Å². The predicted molar refractivity (Wildman–Crippen MR) is 72.5 cm³/mol. The molecule has 19 heavy (non-hydrogen) atoms. The van der Waals surface area contributed by atoms with Gasteiger partial charge in [0.1, 0.15) is 11.3 Å². The summed E-state index contributed by atoms with van der Waals surface area (Å²) < 4.78 is 5.10. The van der Waals surface area contributed by atoms with Crippen LogP contribution in [0.3, 0.4) is 0 Å². The molecule has 0 aromatic carbocycles. The van der Waals surface area contributed by atoms with Crippen LogP contribution in [0.25, 0.3) is 0 Å². The highest BCUT2D eigenvalue weighted by Crippen LogP contribution is 2.06. The minimum absolute atomic E-state index is 0.426. The number of aryl methyl sites for hydroxylation is 1. The Labute approximate surface area is 113 Å². The van der Waals surface area contributed by atoms with Crippen LogP contribution in [0.15, 0.2) is 12.4 Å². The molecule has 0 spiro atoms. The summed E-state index contributed by atoms with van der Waals surface area (Å²) in [5, 5.41) is 2.64. The van der Waals surface area contributed by atoms with Gasteiger partial charge in [-0.05, 0) is 33.6 Å². The maximum Gasteiger partial charge on any atom is 0.407 e. The average molecular weight is 261 g/mol. The summed E-state index contributed by atoms with van der Waals surface area (Å²) in [6, 6.07) is 0. The summed E-state index contributed by atoms with van der Waals surface area (Å²) >= 11 is 0. The van der Waals surface area contributed by atoms with Crippen molar-refractivity contribution in [3.05, 3.63) is 23.8 Å². The fraction of sp³-hybridized carbons (Fsp3) is 0.500. The van der Waals surface area contributed by atoms with Crippen molar-refractivity contribution in [2.75, 3.05) is 6.54 Å². The van der Waals surface area contributed by atoms with Gasteiger partial charge in [-0.15, -0.1) is 0 Å². The number of rotatable bonds is 2. The van der Waals surface area contributed by atoms with Crippen molar-refractivity contribution in [3.63, 3.8) is 0 Å². The first-order valence-electron chi connectivity index (χ1n) is 6.11. The molecule has 1 heterocycles. The van der Waals surface area contributed by atoms with Crippen LogP contribution < -0.4 is 5.32 Å². The summed E-state index contributed by atoms with van der Waals surface area (Å²) in [5.41, 5.74) is 0.989. The summed E-state index contributed by atoms with van der Waals surface area (Å²) in [6.07, 6.45) is 3.40. The van der Waals surface area contributed by atoms with Crippen molar-refractivity contribution in [1.82, 2.24) is 15.3 Å². The maximum atomic E-state index is 11.3. The van der Waals surface area contributed by atoms with E-state index in [2.05, 4.69) is 27.1 Å². The zero-order valence-electron chi connectivity index (χ0n) is 11.8.